The molecule has 1 fully saturated rings. The van der Waals surface area contributed by atoms with Crippen molar-refractivity contribution in [1.82, 2.24) is 0 Å². The summed E-state index contributed by atoms with van der Waals surface area (Å²) in [5.41, 5.74) is 0.981. The number of carboxylic acid groups (broad SMARTS) is 1. The molecule has 0 aromatic heterocycles. The topological polar surface area (TPSA) is 40.1 Å². The molecule has 1 rings (SSSR count). The summed E-state index contributed by atoms with van der Waals surface area (Å²) < 4.78 is 0. The second-order valence-electron chi connectivity index (χ2n) is 3.54. The van der Waals surface area contributed by atoms with Gasteiger partial charge in [-0.15, -0.1) is 0 Å². The van der Waals surface area contributed by atoms with Gasteiger partial charge in [-0.3, -0.25) is 0 Å². The fourth-order valence-electron chi connectivity index (χ4n) is 1.86. The van der Waals surface area contributed by atoms with Crippen LogP contribution in [0.4, 0.5) is 0 Å². The van der Waals surface area contributed by atoms with E-state index in [1.807, 2.05) is 6.92 Å². The van der Waals surface area contributed by atoms with Crippen molar-refractivity contribution < 1.29 is 39.5 Å². The number of carbonyl (C=O) groups is 1. The summed E-state index contributed by atoms with van der Waals surface area (Å²) in [6.45, 7) is 1.89. The van der Waals surface area contributed by atoms with Crippen LogP contribution in [0.5, 0.6) is 0 Å². The molecule has 0 bridgehead atoms. The van der Waals surface area contributed by atoms with Crippen LogP contribution in [-0.2, 0) is 4.79 Å². The molecule has 0 N–H and O–H groups in total. The number of aliphatic carboxylic acids is 1. The Morgan fingerprint density at radius 2 is 1.85 bits per heavy atom. The van der Waals surface area contributed by atoms with Crippen molar-refractivity contribution in [2.24, 2.45) is 5.92 Å². The van der Waals surface area contributed by atoms with E-state index in [1.54, 1.807) is 0 Å². The number of allylic oxidation sites excluding steroid dienone is 1. The molecule has 0 heterocycles. The molecule has 3 heteroatoms. The Kier molecular flexibility index (Phi) is 6.74. The van der Waals surface area contributed by atoms with Crippen molar-refractivity contribution in [3.63, 3.8) is 0 Å². The maximum absolute atomic E-state index is 10.3. The number of carboxylic acids is 1. The van der Waals surface area contributed by atoms with Gasteiger partial charge in [0.2, 0.25) is 0 Å². The Hall–Kier alpha value is 0.210. The minimum Gasteiger partial charge on any atom is -0.545 e. The van der Waals surface area contributed by atoms with Gasteiger partial charge in [0.15, 0.2) is 0 Å². The molecule has 0 spiro atoms. The molecule has 13 heavy (non-hydrogen) atoms. The van der Waals surface area contributed by atoms with Crippen LogP contribution in [0.25, 0.3) is 0 Å². The van der Waals surface area contributed by atoms with E-state index in [-0.39, 0.29) is 29.6 Å². The Bertz CT molecular complexity index is 193. The van der Waals surface area contributed by atoms with Crippen molar-refractivity contribution in [3.8, 4) is 0 Å². The number of rotatable bonds is 2. The van der Waals surface area contributed by atoms with Gasteiger partial charge in [-0.05, 0) is 31.8 Å². The molecular formula is C10H15NaO2. The average molecular weight is 190 g/mol. The molecule has 0 amide bonds. The van der Waals surface area contributed by atoms with E-state index in [2.05, 4.69) is 0 Å². The summed E-state index contributed by atoms with van der Waals surface area (Å²) in [5, 5.41) is 10.3. The van der Waals surface area contributed by atoms with Gasteiger partial charge in [0.25, 0.3) is 0 Å². The van der Waals surface area contributed by atoms with Crippen molar-refractivity contribution in [2.45, 2.75) is 39.0 Å². The Morgan fingerprint density at radius 3 is 2.31 bits per heavy atom. The maximum atomic E-state index is 10.3. The van der Waals surface area contributed by atoms with Gasteiger partial charge in [0.1, 0.15) is 0 Å². The first-order valence-corrected chi connectivity index (χ1v) is 4.59. The van der Waals surface area contributed by atoms with Gasteiger partial charge in [-0.25, -0.2) is 0 Å². The average Bonchev–Trinajstić information content (AvgIpc) is 2.05. The second kappa shape index (κ2) is 6.63. The summed E-state index contributed by atoms with van der Waals surface area (Å²) >= 11 is 0. The molecule has 0 unspecified atom stereocenters. The molecule has 0 aliphatic heterocycles. The largest absolute Gasteiger partial charge is 1.00 e. The molecule has 0 aromatic rings. The normalized spacial score (nSPS) is 19.3. The van der Waals surface area contributed by atoms with E-state index in [4.69, 9.17) is 0 Å². The Morgan fingerprint density at radius 1 is 1.31 bits per heavy atom. The van der Waals surface area contributed by atoms with Crippen LogP contribution in [0.1, 0.15) is 39.0 Å². The zero-order valence-electron chi connectivity index (χ0n) is 8.51. The number of carbonyl (C=O) groups excluding carboxylic acids is 1. The van der Waals surface area contributed by atoms with Crippen LogP contribution in [0.3, 0.4) is 0 Å². The van der Waals surface area contributed by atoms with Gasteiger partial charge < -0.3 is 9.90 Å². The fourth-order valence-corrected chi connectivity index (χ4v) is 1.86. The molecule has 1 aliphatic rings. The standard InChI is InChI=1S/C10H16O2.Na/c1-8(7-10(11)12)9-5-3-2-4-6-9;/h7,9H,2-6H2,1H3,(H,11,12);/q;+1/p-1. The van der Waals surface area contributed by atoms with Crippen molar-refractivity contribution in [2.75, 3.05) is 0 Å². The zero-order valence-corrected chi connectivity index (χ0v) is 10.5. The van der Waals surface area contributed by atoms with Crippen LogP contribution < -0.4 is 34.7 Å². The van der Waals surface area contributed by atoms with Crippen LogP contribution in [0.2, 0.25) is 0 Å². The van der Waals surface area contributed by atoms with Crippen LogP contribution >= 0.6 is 0 Å². The number of hydrogen-bond donors (Lipinski definition) is 0. The number of hydrogen-bond acceptors (Lipinski definition) is 2. The third-order valence-electron chi connectivity index (χ3n) is 2.59. The van der Waals surface area contributed by atoms with Gasteiger partial charge in [0, 0.05) is 0 Å². The van der Waals surface area contributed by atoms with Crippen LogP contribution in [0, 0.1) is 5.92 Å². The molecule has 1 aliphatic carbocycles. The van der Waals surface area contributed by atoms with E-state index < -0.39 is 5.97 Å². The summed E-state index contributed by atoms with van der Waals surface area (Å²) in [4.78, 5) is 10.3. The molecular weight excluding hydrogens is 175 g/mol. The first kappa shape index (κ1) is 13.2. The van der Waals surface area contributed by atoms with Gasteiger partial charge >= 0.3 is 29.6 Å². The predicted octanol–water partition coefficient (Wildman–Crippen LogP) is -1.73. The minimum atomic E-state index is -1.06. The quantitative estimate of drug-likeness (QED) is 0.383. The summed E-state index contributed by atoms with van der Waals surface area (Å²) in [6, 6.07) is 0. The van der Waals surface area contributed by atoms with Gasteiger partial charge in [-0.1, -0.05) is 24.8 Å². The summed E-state index contributed by atoms with van der Waals surface area (Å²) in [6.07, 6.45) is 7.32. The first-order valence-electron chi connectivity index (χ1n) is 4.59. The first-order chi connectivity index (χ1) is 5.70. The van der Waals surface area contributed by atoms with E-state index in [1.165, 1.54) is 25.3 Å². The van der Waals surface area contributed by atoms with Crippen molar-refractivity contribution in [3.05, 3.63) is 11.6 Å². The molecule has 68 valence electrons. The predicted molar refractivity (Wildman–Crippen MR) is 45.3 cm³/mol. The van der Waals surface area contributed by atoms with Gasteiger partial charge in [-0.2, -0.15) is 0 Å². The third-order valence-corrected chi connectivity index (χ3v) is 2.59. The van der Waals surface area contributed by atoms with Crippen molar-refractivity contribution in [1.29, 1.82) is 0 Å². The summed E-state index contributed by atoms with van der Waals surface area (Å²) in [7, 11) is 0. The van der Waals surface area contributed by atoms with E-state index >= 15 is 0 Å². The maximum Gasteiger partial charge on any atom is 1.00 e. The SMILES string of the molecule is CC(=CC(=O)[O-])C1CCCCC1.[Na+]. The summed E-state index contributed by atoms with van der Waals surface area (Å²) in [5.74, 6) is -0.560. The van der Waals surface area contributed by atoms with E-state index in [9.17, 15) is 9.90 Å². The zero-order chi connectivity index (χ0) is 8.97. The second-order valence-corrected chi connectivity index (χ2v) is 3.54. The molecule has 0 radical (unpaired) electrons. The molecule has 1 saturated carbocycles. The molecule has 2 nitrogen and oxygen atoms in total. The Labute approximate surface area is 102 Å². The fraction of sp³-hybridized carbons (Fsp3) is 0.700. The Balaban J connectivity index is 0.00000144. The minimum absolute atomic E-state index is 0. The molecule has 0 atom stereocenters. The molecule has 0 aromatic carbocycles. The monoisotopic (exact) mass is 190 g/mol. The van der Waals surface area contributed by atoms with Crippen molar-refractivity contribution >= 4 is 5.97 Å². The third kappa shape index (κ3) is 4.84. The molecule has 0 saturated heterocycles. The van der Waals surface area contributed by atoms with E-state index in [0.29, 0.717) is 5.92 Å². The van der Waals surface area contributed by atoms with Crippen LogP contribution in [0.15, 0.2) is 11.6 Å². The van der Waals surface area contributed by atoms with Gasteiger partial charge in [0.05, 0.1) is 5.97 Å². The van der Waals surface area contributed by atoms with E-state index in [0.717, 1.165) is 18.4 Å². The smallest absolute Gasteiger partial charge is 0.545 e. The van der Waals surface area contributed by atoms with Crippen LogP contribution in [-0.4, -0.2) is 5.97 Å².